The molecular weight excluding hydrogens is 372 g/mol. The van der Waals surface area contributed by atoms with E-state index in [-0.39, 0.29) is 5.91 Å². The Morgan fingerprint density at radius 2 is 1.70 bits per heavy atom. The number of benzene rings is 2. The van der Waals surface area contributed by atoms with Crippen molar-refractivity contribution in [3.05, 3.63) is 71.9 Å². The number of rotatable bonds is 4. The molecule has 1 fully saturated rings. The lowest BCUT2D eigenvalue weighted by molar-refractivity contribution is -0.114. The topological polar surface area (TPSA) is 40.8 Å². The van der Waals surface area contributed by atoms with E-state index < -0.39 is 0 Å². The highest BCUT2D eigenvalue weighted by atomic mass is 16.2. The smallest absolute Gasteiger partial charge is 0.280 e. The molecule has 0 spiro atoms. The zero-order valence-electron chi connectivity index (χ0n) is 17.3. The molecule has 0 radical (unpaired) electrons. The summed E-state index contributed by atoms with van der Waals surface area (Å²) in [4.78, 5) is 15.6. The lowest BCUT2D eigenvalue weighted by Crippen LogP contribution is -2.31. The first-order valence-corrected chi connectivity index (χ1v) is 10.7. The van der Waals surface area contributed by atoms with Gasteiger partial charge in [-0.25, -0.2) is 0 Å². The quantitative estimate of drug-likeness (QED) is 0.587. The van der Waals surface area contributed by atoms with E-state index in [2.05, 4.69) is 45.0 Å². The average Bonchev–Trinajstić information content (AvgIpc) is 3.27. The number of likely N-dealkylation sites (tertiary alicyclic amines) is 1. The maximum absolute atomic E-state index is 13.1. The van der Waals surface area contributed by atoms with E-state index in [4.69, 9.17) is 0 Å². The van der Waals surface area contributed by atoms with E-state index >= 15 is 0 Å². The minimum absolute atomic E-state index is 0.0773. The molecule has 0 bridgehead atoms. The van der Waals surface area contributed by atoms with Crippen LogP contribution in [0.4, 0.5) is 5.69 Å². The SMILES string of the molecule is CC1=NN(c2ccccc2)C(=O)/C1=C\c1cn(CN2CCCCC2)c2ccccc12. The molecule has 2 aliphatic rings. The number of hydrogen-bond acceptors (Lipinski definition) is 3. The van der Waals surface area contributed by atoms with Crippen molar-refractivity contribution in [2.75, 3.05) is 18.1 Å². The second kappa shape index (κ2) is 7.92. The Morgan fingerprint density at radius 1 is 0.967 bits per heavy atom. The summed E-state index contributed by atoms with van der Waals surface area (Å²) in [6, 6.07) is 18.0. The van der Waals surface area contributed by atoms with Crippen molar-refractivity contribution in [1.29, 1.82) is 0 Å². The van der Waals surface area contributed by atoms with Crippen molar-refractivity contribution < 1.29 is 4.79 Å². The van der Waals surface area contributed by atoms with E-state index in [9.17, 15) is 4.79 Å². The third-order valence-corrected chi connectivity index (χ3v) is 5.98. The number of nitrogens with zero attached hydrogens (tertiary/aromatic N) is 4. The second-order valence-electron chi connectivity index (χ2n) is 8.09. The van der Waals surface area contributed by atoms with E-state index in [0.717, 1.165) is 36.7 Å². The average molecular weight is 399 g/mol. The van der Waals surface area contributed by atoms with Gasteiger partial charge in [-0.1, -0.05) is 42.8 Å². The molecule has 5 nitrogen and oxygen atoms in total. The van der Waals surface area contributed by atoms with Crippen molar-refractivity contribution in [3.63, 3.8) is 0 Å². The van der Waals surface area contributed by atoms with Crippen LogP contribution >= 0.6 is 0 Å². The fraction of sp³-hybridized carbons (Fsp3) is 0.280. The highest BCUT2D eigenvalue weighted by Gasteiger charge is 2.29. The van der Waals surface area contributed by atoms with Gasteiger partial charge in [-0.15, -0.1) is 0 Å². The number of hydrazone groups is 1. The molecule has 152 valence electrons. The summed E-state index contributed by atoms with van der Waals surface area (Å²) in [5, 5.41) is 7.18. The zero-order chi connectivity index (χ0) is 20.5. The van der Waals surface area contributed by atoms with Gasteiger partial charge in [0.05, 0.1) is 23.6 Å². The van der Waals surface area contributed by atoms with Crippen LogP contribution in [0.3, 0.4) is 0 Å². The molecule has 5 heteroatoms. The molecule has 3 heterocycles. The minimum Gasteiger partial charge on any atom is -0.333 e. The van der Waals surface area contributed by atoms with Gasteiger partial charge in [0.2, 0.25) is 0 Å². The number of amides is 1. The standard InChI is InChI=1S/C25H26N4O/c1-19-23(25(30)29(26-19)21-10-4-2-5-11-21)16-20-17-28(18-27-14-8-3-9-15-27)24-13-7-6-12-22(20)24/h2,4-7,10-13,16-17H,3,8-9,14-15,18H2,1H3/b23-16-. The van der Waals surface area contributed by atoms with Crippen molar-refractivity contribution in [1.82, 2.24) is 9.47 Å². The van der Waals surface area contributed by atoms with E-state index in [0.29, 0.717) is 5.57 Å². The zero-order valence-corrected chi connectivity index (χ0v) is 17.3. The molecule has 1 aromatic heterocycles. The van der Waals surface area contributed by atoms with Gasteiger partial charge in [-0.05, 0) is 57.1 Å². The van der Waals surface area contributed by atoms with Crippen LogP contribution in [0.2, 0.25) is 0 Å². The van der Waals surface area contributed by atoms with Crippen LogP contribution in [0.15, 0.2) is 71.5 Å². The van der Waals surface area contributed by atoms with Crippen LogP contribution in [-0.4, -0.2) is 34.2 Å². The Balaban J connectivity index is 1.50. The van der Waals surface area contributed by atoms with Gasteiger partial charge in [0.25, 0.3) is 5.91 Å². The third kappa shape index (κ3) is 3.46. The summed E-state index contributed by atoms with van der Waals surface area (Å²) >= 11 is 0. The van der Waals surface area contributed by atoms with Crippen LogP contribution in [0.1, 0.15) is 31.7 Å². The maximum Gasteiger partial charge on any atom is 0.280 e. The van der Waals surface area contributed by atoms with E-state index in [1.165, 1.54) is 35.2 Å². The Bertz CT molecular complexity index is 1140. The predicted octanol–water partition coefficient (Wildman–Crippen LogP) is 4.89. The molecule has 1 amide bonds. The van der Waals surface area contributed by atoms with Gasteiger partial charge < -0.3 is 4.57 Å². The molecule has 0 unspecified atom stereocenters. The van der Waals surface area contributed by atoms with Gasteiger partial charge >= 0.3 is 0 Å². The van der Waals surface area contributed by atoms with Gasteiger partial charge in [0, 0.05) is 22.7 Å². The van der Waals surface area contributed by atoms with Crippen molar-refractivity contribution >= 4 is 34.3 Å². The van der Waals surface area contributed by atoms with Gasteiger partial charge in [0.15, 0.2) is 0 Å². The first-order valence-electron chi connectivity index (χ1n) is 10.7. The van der Waals surface area contributed by atoms with Gasteiger partial charge in [-0.2, -0.15) is 10.1 Å². The monoisotopic (exact) mass is 398 g/mol. The summed E-state index contributed by atoms with van der Waals surface area (Å²) in [6.07, 6.45) is 8.06. The summed E-state index contributed by atoms with van der Waals surface area (Å²) in [7, 11) is 0. The molecule has 5 rings (SSSR count). The molecule has 2 aliphatic heterocycles. The van der Waals surface area contributed by atoms with Crippen molar-refractivity contribution in [3.8, 4) is 0 Å². The van der Waals surface area contributed by atoms with Gasteiger partial charge in [-0.3, -0.25) is 9.69 Å². The summed E-state index contributed by atoms with van der Waals surface area (Å²) < 4.78 is 2.31. The number of para-hydroxylation sites is 2. The first kappa shape index (κ1) is 18.8. The van der Waals surface area contributed by atoms with E-state index in [1.54, 1.807) is 0 Å². The molecule has 1 saturated heterocycles. The van der Waals surface area contributed by atoms with Crippen LogP contribution in [0.25, 0.3) is 17.0 Å². The number of aromatic nitrogens is 1. The highest BCUT2D eigenvalue weighted by molar-refractivity contribution is 6.32. The lowest BCUT2D eigenvalue weighted by atomic mass is 10.1. The number of hydrogen-bond donors (Lipinski definition) is 0. The summed E-state index contributed by atoms with van der Waals surface area (Å²) in [5.74, 6) is -0.0773. The van der Waals surface area contributed by atoms with Crippen LogP contribution in [-0.2, 0) is 11.5 Å². The second-order valence-corrected chi connectivity index (χ2v) is 8.09. The molecule has 30 heavy (non-hydrogen) atoms. The van der Waals surface area contributed by atoms with Gasteiger partial charge in [0.1, 0.15) is 0 Å². The largest absolute Gasteiger partial charge is 0.333 e. The Morgan fingerprint density at radius 3 is 2.50 bits per heavy atom. The number of fused-ring (bicyclic) bond motifs is 1. The molecule has 2 aromatic carbocycles. The van der Waals surface area contributed by atoms with Crippen molar-refractivity contribution in [2.45, 2.75) is 32.9 Å². The molecule has 0 saturated carbocycles. The van der Waals surface area contributed by atoms with Crippen LogP contribution < -0.4 is 5.01 Å². The molecule has 0 N–H and O–H groups in total. The first-order chi connectivity index (χ1) is 14.7. The molecule has 0 aliphatic carbocycles. The molecule has 3 aromatic rings. The highest BCUT2D eigenvalue weighted by Crippen LogP contribution is 2.28. The minimum atomic E-state index is -0.0773. The van der Waals surface area contributed by atoms with E-state index in [1.807, 2.05) is 43.3 Å². The Labute approximate surface area is 176 Å². The van der Waals surface area contributed by atoms with Crippen molar-refractivity contribution in [2.24, 2.45) is 5.10 Å². The Kier molecular flexibility index (Phi) is 4.97. The number of carbonyl (C=O) groups is 1. The fourth-order valence-electron chi connectivity index (χ4n) is 4.41. The molecule has 0 atom stereocenters. The normalized spacial score (nSPS) is 19.1. The number of anilines is 1. The van der Waals surface area contributed by atoms with Crippen LogP contribution in [0, 0.1) is 0 Å². The summed E-state index contributed by atoms with van der Waals surface area (Å²) in [5.41, 5.74) is 4.46. The predicted molar refractivity (Wildman–Crippen MR) is 122 cm³/mol. The summed E-state index contributed by atoms with van der Waals surface area (Å²) in [6.45, 7) is 5.10. The third-order valence-electron chi connectivity index (χ3n) is 5.98. The number of carbonyl (C=O) groups excluding carboxylic acids is 1. The van der Waals surface area contributed by atoms with Crippen LogP contribution in [0.5, 0.6) is 0 Å². The fourth-order valence-corrected chi connectivity index (χ4v) is 4.41. The maximum atomic E-state index is 13.1. The number of piperidine rings is 1. The lowest BCUT2D eigenvalue weighted by Gasteiger charge is -2.27. The molecular formula is C25H26N4O. The Hall–Kier alpha value is -3.18.